The van der Waals surface area contributed by atoms with Crippen LogP contribution in [0, 0.1) is 0 Å². The predicted octanol–water partition coefficient (Wildman–Crippen LogP) is 2.37. The summed E-state index contributed by atoms with van der Waals surface area (Å²) in [4.78, 5) is 0. The second-order valence-corrected chi connectivity index (χ2v) is 3.55. The molecule has 0 aromatic carbocycles. The van der Waals surface area contributed by atoms with Gasteiger partial charge in [0.15, 0.2) is 0 Å². The average molecular weight is 203 g/mol. The lowest BCUT2D eigenvalue weighted by atomic mass is 10.0. The summed E-state index contributed by atoms with van der Waals surface area (Å²) >= 11 is 3.40. The van der Waals surface area contributed by atoms with Crippen LogP contribution in [0.4, 0.5) is 0 Å². The van der Waals surface area contributed by atoms with Gasteiger partial charge in [-0.3, -0.25) is 0 Å². The van der Waals surface area contributed by atoms with E-state index in [1.54, 1.807) is 6.92 Å². The lowest BCUT2D eigenvalue weighted by molar-refractivity contribution is 0.227. The van der Waals surface area contributed by atoms with Crippen molar-refractivity contribution >= 4 is 15.9 Å². The summed E-state index contributed by atoms with van der Waals surface area (Å²) in [5, 5.41) is 9.15. The summed E-state index contributed by atoms with van der Waals surface area (Å²) in [6, 6.07) is 0. The normalized spacial score (nSPS) is 21.5. The Balaban J connectivity index is 2.64. The van der Waals surface area contributed by atoms with Gasteiger partial charge < -0.3 is 5.11 Å². The molecule has 0 heterocycles. The smallest absolute Gasteiger partial charge is 0.0725 e. The minimum atomic E-state index is -0.281. The Labute approximate surface area is 69.6 Å². The second kappa shape index (κ2) is 3.35. The quantitative estimate of drug-likeness (QED) is 0.693. The number of rotatable bonds is 1. The summed E-state index contributed by atoms with van der Waals surface area (Å²) in [6.07, 6.45) is 5.71. The summed E-state index contributed by atoms with van der Waals surface area (Å²) in [7, 11) is 0. The van der Waals surface area contributed by atoms with E-state index >= 15 is 0 Å². The van der Waals surface area contributed by atoms with E-state index in [1.165, 1.54) is 4.48 Å². The molecule has 0 amide bonds. The van der Waals surface area contributed by atoms with Gasteiger partial charge in [0, 0.05) is 0 Å². The molecule has 0 aromatic rings. The first kappa shape index (κ1) is 8.02. The highest BCUT2D eigenvalue weighted by Gasteiger charge is 2.07. The molecular formula is C8H11BrO. The van der Waals surface area contributed by atoms with Crippen LogP contribution in [0.25, 0.3) is 0 Å². The summed E-state index contributed by atoms with van der Waals surface area (Å²) in [5.74, 6) is 0. The van der Waals surface area contributed by atoms with Crippen molar-refractivity contribution in [1.82, 2.24) is 0 Å². The van der Waals surface area contributed by atoms with Gasteiger partial charge in [0.05, 0.1) is 6.10 Å². The number of hydrogen-bond donors (Lipinski definition) is 1. The molecule has 0 saturated carbocycles. The maximum Gasteiger partial charge on any atom is 0.0725 e. The molecular weight excluding hydrogens is 192 g/mol. The molecule has 0 bridgehead atoms. The minimum absolute atomic E-state index is 0.281. The first-order valence-corrected chi connectivity index (χ1v) is 4.22. The molecule has 1 aliphatic carbocycles. The summed E-state index contributed by atoms with van der Waals surface area (Å²) in [5.41, 5.74) is 1.13. The highest BCUT2D eigenvalue weighted by atomic mass is 79.9. The first-order chi connectivity index (χ1) is 4.70. The molecule has 0 radical (unpaired) electrons. The molecule has 1 nitrogen and oxygen atoms in total. The van der Waals surface area contributed by atoms with Gasteiger partial charge in [-0.2, -0.15) is 0 Å². The third kappa shape index (κ3) is 1.96. The third-order valence-corrected chi connectivity index (χ3v) is 2.33. The average Bonchev–Trinajstić information content (AvgIpc) is 1.88. The lowest BCUT2D eigenvalue weighted by Crippen LogP contribution is -2.05. The van der Waals surface area contributed by atoms with Crippen LogP contribution in [0.1, 0.15) is 19.8 Å². The largest absolute Gasteiger partial charge is 0.389 e. The van der Waals surface area contributed by atoms with Crippen molar-refractivity contribution in [3.63, 3.8) is 0 Å². The van der Waals surface area contributed by atoms with Crippen LogP contribution in [0.3, 0.4) is 0 Å². The van der Waals surface area contributed by atoms with Crippen LogP contribution in [-0.2, 0) is 0 Å². The molecule has 0 aliphatic heterocycles. The molecule has 10 heavy (non-hydrogen) atoms. The zero-order chi connectivity index (χ0) is 7.56. The summed E-state index contributed by atoms with van der Waals surface area (Å²) in [6.45, 7) is 1.80. The van der Waals surface area contributed by atoms with Crippen LogP contribution in [0.15, 0.2) is 22.2 Å². The maximum absolute atomic E-state index is 9.15. The molecule has 2 heteroatoms. The molecule has 0 spiro atoms. The fourth-order valence-electron chi connectivity index (χ4n) is 0.976. The predicted molar refractivity (Wildman–Crippen MR) is 46.0 cm³/mol. The topological polar surface area (TPSA) is 20.2 Å². The molecule has 1 unspecified atom stereocenters. The zero-order valence-corrected chi connectivity index (χ0v) is 7.56. The van der Waals surface area contributed by atoms with Crippen molar-refractivity contribution < 1.29 is 5.11 Å². The van der Waals surface area contributed by atoms with Crippen molar-refractivity contribution in [3.05, 3.63) is 22.2 Å². The molecule has 0 aromatic heterocycles. The van der Waals surface area contributed by atoms with Gasteiger partial charge in [0.25, 0.3) is 0 Å². The number of halogens is 1. The van der Waals surface area contributed by atoms with E-state index in [1.807, 2.05) is 12.2 Å². The Hall–Kier alpha value is -0.0800. The van der Waals surface area contributed by atoms with E-state index in [4.69, 9.17) is 5.11 Å². The van der Waals surface area contributed by atoms with Gasteiger partial charge in [0.1, 0.15) is 0 Å². The fraction of sp³-hybridized carbons (Fsp3) is 0.500. The van der Waals surface area contributed by atoms with Gasteiger partial charge in [-0.15, -0.1) is 0 Å². The molecule has 1 aliphatic rings. The van der Waals surface area contributed by atoms with Gasteiger partial charge >= 0.3 is 0 Å². The highest BCUT2D eigenvalue weighted by Crippen LogP contribution is 2.23. The summed E-state index contributed by atoms with van der Waals surface area (Å²) < 4.78 is 1.22. The molecule has 1 atom stereocenters. The van der Waals surface area contributed by atoms with E-state index < -0.39 is 0 Å². The highest BCUT2D eigenvalue weighted by molar-refractivity contribution is 9.11. The van der Waals surface area contributed by atoms with E-state index in [0.717, 1.165) is 18.4 Å². The Morgan fingerprint density at radius 1 is 1.50 bits per heavy atom. The lowest BCUT2D eigenvalue weighted by Gasteiger charge is -2.12. The van der Waals surface area contributed by atoms with Crippen molar-refractivity contribution in [1.29, 1.82) is 0 Å². The van der Waals surface area contributed by atoms with Crippen LogP contribution >= 0.6 is 15.9 Å². The SMILES string of the molecule is CC(O)C1=CC=C(Br)CC1. The van der Waals surface area contributed by atoms with E-state index in [2.05, 4.69) is 15.9 Å². The van der Waals surface area contributed by atoms with Gasteiger partial charge in [-0.05, 0) is 29.8 Å². The number of aliphatic hydroxyl groups is 1. The monoisotopic (exact) mass is 202 g/mol. The van der Waals surface area contributed by atoms with Crippen LogP contribution in [-0.4, -0.2) is 11.2 Å². The second-order valence-electron chi connectivity index (χ2n) is 2.53. The van der Waals surface area contributed by atoms with E-state index in [9.17, 15) is 0 Å². The van der Waals surface area contributed by atoms with E-state index in [-0.39, 0.29) is 6.10 Å². The molecule has 0 saturated heterocycles. The van der Waals surface area contributed by atoms with Crippen LogP contribution in [0.5, 0.6) is 0 Å². The Kier molecular flexibility index (Phi) is 2.69. The van der Waals surface area contributed by atoms with Crippen LogP contribution in [0.2, 0.25) is 0 Å². The maximum atomic E-state index is 9.15. The molecule has 56 valence electrons. The Morgan fingerprint density at radius 3 is 2.60 bits per heavy atom. The van der Waals surface area contributed by atoms with Gasteiger partial charge in [0.2, 0.25) is 0 Å². The number of allylic oxidation sites excluding steroid dienone is 3. The molecule has 0 fully saturated rings. The minimum Gasteiger partial charge on any atom is -0.389 e. The zero-order valence-electron chi connectivity index (χ0n) is 5.97. The van der Waals surface area contributed by atoms with Crippen LogP contribution < -0.4 is 0 Å². The third-order valence-electron chi connectivity index (χ3n) is 1.67. The van der Waals surface area contributed by atoms with Crippen molar-refractivity contribution in [3.8, 4) is 0 Å². The number of hydrogen-bond acceptors (Lipinski definition) is 1. The Bertz CT molecular complexity index is 180. The van der Waals surface area contributed by atoms with E-state index in [0.29, 0.717) is 0 Å². The standard InChI is InChI=1S/C8H11BrO/c1-6(10)7-2-4-8(9)5-3-7/h2,4,6,10H,3,5H2,1H3. The van der Waals surface area contributed by atoms with Crippen molar-refractivity contribution in [2.75, 3.05) is 0 Å². The first-order valence-electron chi connectivity index (χ1n) is 3.43. The van der Waals surface area contributed by atoms with Crippen molar-refractivity contribution in [2.45, 2.75) is 25.9 Å². The molecule has 1 N–H and O–H groups in total. The van der Waals surface area contributed by atoms with Gasteiger partial charge in [-0.1, -0.05) is 28.1 Å². The number of aliphatic hydroxyl groups excluding tert-OH is 1. The fourth-order valence-corrected chi connectivity index (χ4v) is 1.31. The molecule has 1 rings (SSSR count). The van der Waals surface area contributed by atoms with Gasteiger partial charge in [-0.25, -0.2) is 0 Å². The van der Waals surface area contributed by atoms with Crippen molar-refractivity contribution in [2.24, 2.45) is 0 Å². The Morgan fingerprint density at radius 2 is 2.20 bits per heavy atom.